The van der Waals surface area contributed by atoms with Crippen LogP contribution in [0, 0.1) is 11.3 Å². The second kappa shape index (κ2) is 5.83. The van der Waals surface area contributed by atoms with Gasteiger partial charge in [-0.25, -0.2) is 4.98 Å². The van der Waals surface area contributed by atoms with Gasteiger partial charge in [-0.1, -0.05) is 35.1 Å². The van der Waals surface area contributed by atoms with Gasteiger partial charge in [0.2, 0.25) is 5.88 Å². The normalized spacial score (nSPS) is 10.1. The molecule has 0 bridgehead atoms. The molecule has 1 heterocycles. The molecule has 0 fully saturated rings. The molecular formula is C12H9ClN2O2S. The first-order valence-corrected chi connectivity index (χ1v) is 6.22. The molecule has 0 aliphatic carbocycles. The van der Waals surface area contributed by atoms with Gasteiger partial charge in [0.05, 0.1) is 0 Å². The Morgan fingerprint density at radius 1 is 1.39 bits per heavy atom. The maximum absolute atomic E-state index is 9.00. The van der Waals surface area contributed by atoms with E-state index in [4.69, 9.17) is 26.3 Å². The molecule has 4 nitrogen and oxygen atoms in total. The summed E-state index contributed by atoms with van der Waals surface area (Å²) >= 11 is 7.09. The number of halogens is 1. The predicted octanol–water partition coefficient (Wildman–Crippen LogP) is 3.32. The van der Waals surface area contributed by atoms with Crippen LogP contribution in [0.4, 0.5) is 0 Å². The summed E-state index contributed by atoms with van der Waals surface area (Å²) in [5.41, 5.74) is 0.896. The summed E-state index contributed by atoms with van der Waals surface area (Å²) in [7, 11) is 1.51. The molecule has 0 atom stereocenters. The molecule has 2 aromatic rings. The number of aromatic nitrogens is 1. The molecule has 0 saturated carbocycles. The minimum Gasteiger partial charge on any atom is -0.449 e. The smallest absolute Gasteiger partial charge is 0.245 e. The van der Waals surface area contributed by atoms with Crippen LogP contribution in [-0.2, 0) is 4.74 Å². The number of benzene rings is 1. The van der Waals surface area contributed by atoms with Gasteiger partial charge in [0.15, 0.2) is 11.7 Å². The van der Waals surface area contributed by atoms with Gasteiger partial charge in [0.25, 0.3) is 0 Å². The highest BCUT2D eigenvalue weighted by atomic mass is 35.5. The molecule has 1 aromatic heterocycles. The maximum Gasteiger partial charge on any atom is 0.245 e. The first-order chi connectivity index (χ1) is 8.74. The van der Waals surface area contributed by atoms with Gasteiger partial charge < -0.3 is 9.47 Å². The van der Waals surface area contributed by atoms with E-state index in [1.807, 2.05) is 12.1 Å². The van der Waals surface area contributed by atoms with E-state index in [1.54, 1.807) is 12.1 Å². The molecule has 0 saturated heterocycles. The van der Waals surface area contributed by atoms with Crippen molar-refractivity contribution in [3.05, 3.63) is 34.2 Å². The number of nitriles is 1. The van der Waals surface area contributed by atoms with Crippen molar-refractivity contribution in [1.82, 2.24) is 4.98 Å². The third-order valence-electron chi connectivity index (χ3n) is 2.10. The molecule has 0 spiro atoms. The van der Waals surface area contributed by atoms with E-state index in [0.717, 1.165) is 5.56 Å². The summed E-state index contributed by atoms with van der Waals surface area (Å²) in [6.45, 7) is 0.0679. The number of ether oxygens (including phenoxy) is 2. The summed E-state index contributed by atoms with van der Waals surface area (Å²) in [5.74, 6) is 0.300. The summed E-state index contributed by atoms with van der Waals surface area (Å²) in [4.78, 5) is 4.70. The van der Waals surface area contributed by atoms with Crippen LogP contribution >= 0.6 is 22.9 Å². The third kappa shape index (κ3) is 2.79. The standard InChI is InChI=1S/C12H9ClN2O2S/c1-16-7-17-11-10(6-14)18-12(15-11)8-2-4-9(13)5-3-8/h2-5H,7H2,1H3. The van der Waals surface area contributed by atoms with Crippen LogP contribution in [0.5, 0.6) is 5.88 Å². The highest BCUT2D eigenvalue weighted by Gasteiger charge is 2.13. The van der Waals surface area contributed by atoms with E-state index in [1.165, 1.54) is 18.4 Å². The lowest BCUT2D eigenvalue weighted by atomic mass is 10.2. The molecule has 6 heteroatoms. The molecule has 0 aliphatic rings. The average molecular weight is 281 g/mol. The first kappa shape index (κ1) is 12.8. The summed E-state index contributed by atoms with van der Waals surface area (Å²) < 4.78 is 10.0. The Hall–Kier alpha value is -1.61. The molecular weight excluding hydrogens is 272 g/mol. The van der Waals surface area contributed by atoms with Gasteiger partial charge in [-0.2, -0.15) is 5.26 Å². The number of thiazole rings is 1. The molecule has 0 unspecified atom stereocenters. The largest absolute Gasteiger partial charge is 0.449 e. The predicted molar refractivity (Wildman–Crippen MR) is 69.8 cm³/mol. The Balaban J connectivity index is 2.32. The molecule has 0 radical (unpaired) electrons. The minimum atomic E-state index is 0.0679. The van der Waals surface area contributed by atoms with Crippen molar-refractivity contribution in [3.8, 4) is 22.5 Å². The fourth-order valence-electron chi connectivity index (χ4n) is 1.31. The van der Waals surface area contributed by atoms with Gasteiger partial charge in [-0.15, -0.1) is 0 Å². The molecule has 0 N–H and O–H groups in total. The van der Waals surface area contributed by atoms with Gasteiger partial charge in [0.1, 0.15) is 11.1 Å². The van der Waals surface area contributed by atoms with Crippen LogP contribution in [0.15, 0.2) is 24.3 Å². The number of nitrogens with zero attached hydrogens (tertiary/aromatic N) is 2. The zero-order valence-corrected chi connectivity index (χ0v) is 11.1. The topological polar surface area (TPSA) is 55.1 Å². The van der Waals surface area contributed by atoms with E-state index < -0.39 is 0 Å². The van der Waals surface area contributed by atoms with Crippen LogP contribution < -0.4 is 4.74 Å². The number of hydrogen-bond acceptors (Lipinski definition) is 5. The zero-order chi connectivity index (χ0) is 13.0. The lowest BCUT2D eigenvalue weighted by Crippen LogP contribution is -2.00. The molecule has 2 rings (SSSR count). The van der Waals surface area contributed by atoms with Crippen molar-refractivity contribution in [2.75, 3.05) is 13.9 Å². The summed E-state index contributed by atoms with van der Waals surface area (Å²) in [6.07, 6.45) is 0. The fraction of sp³-hybridized carbons (Fsp3) is 0.167. The van der Waals surface area contributed by atoms with E-state index in [9.17, 15) is 0 Å². The van der Waals surface area contributed by atoms with Crippen LogP contribution in [0.25, 0.3) is 10.6 Å². The molecule has 92 valence electrons. The number of rotatable bonds is 4. The van der Waals surface area contributed by atoms with Gasteiger partial charge in [-0.3, -0.25) is 0 Å². The lowest BCUT2D eigenvalue weighted by Gasteiger charge is -1.99. The molecule has 18 heavy (non-hydrogen) atoms. The van der Waals surface area contributed by atoms with E-state index in [-0.39, 0.29) is 6.79 Å². The second-order valence-corrected chi connectivity index (χ2v) is 4.76. The Morgan fingerprint density at radius 3 is 2.72 bits per heavy atom. The average Bonchev–Trinajstić information content (AvgIpc) is 2.80. The van der Waals surface area contributed by atoms with E-state index >= 15 is 0 Å². The summed E-state index contributed by atoms with van der Waals surface area (Å²) in [6, 6.07) is 9.31. The van der Waals surface area contributed by atoms with Crippen molar-refractivity contribution in [1.29, 1.82) is 5.26 Å². The van der Waals surface area contributed by atoms with Crippen molar-refractivity contribution >= 4 is 22.9 Å². The maximum atomic E-state index is 9.00. The Bertz CT molecular complexity index is 575. The van der Waals surface area contributed by atoms with Gasteiger partial charge in [-0.05, 0) is 12.1 Å². The van der Waals surface area contributed by atoms with Crippen molar-refractivity contribution in [2.45, 2.75) is 0 Å². The highest BCUT2D eigenvalue weighted by Crippen LogP contribution is 2.32. The molecule has 0 aliphatic heterocycles. The molecule has 0 amide bonds. The monoisotopic (exact) mass is 280 g/mol. The molecule has 1 aromatic carbocycles. The Kier molecular flexibility index (Phi) is 4.15. The van der Waals surface area contributed by atoms with Crippen LogP contribution in [-0.4, -0.2) is 18.9 Å². The first-order valence-electron chi connectivity index (χ1n) is 5.03. The van der Waals surface area contributed by atoms with E-state index in [2.05, 4.69) is 11.1 Å². The van der Waals surface area contributed by atoms with Crippen LogP contribution in [0.1, 0.15) is 4.88 Å². The number of methoxy groups -OCH3 is 1. The van der Waals surface area contributed by atoms with E-state index in [0.29, 0.717) is 20.8 Å². The Morgan fingerprint density at radius 2 is 2.11 bits per heavy atom. The fourth-order valence-corrected chi connectivity index (χ4v) is 2.24. The quantitative estimate of drug-likeness (QED) is 0.806. The van der Waals surface area contributed by atoms with Gasteiger partial charge >= 0.3 is 0 Å². The van der Waals surface area contributed by atoms with Gasteiger partial charge in [0, 0.05) is 17.7 Å². The zero-order valence-electron chi connectivity index (χ0n) is 9.51. The SMILES string of the molecule is COCOc1nc(-c2ccc(Cl)cc2)sc1C#N. The van der Waals surface area contributed by atoms with Crippen molar-refractivity contribution < 1.29 is 9.47 Å². The van der Waals surface area contributed by atoms with Crippen molar-refractivity contribution in [2.24, 2.45) is 0 Å². The Labute approximate surface area is 113 Å². The minimum absolute atomic E-state index is 0.0679. The third-order valence-corrected chi connectivity index (χ3v) is 3.34. The van der Waals surface area contributed by atoms with Crippen LogP contribution in [0.3, 0.4) is 0 Å². The summed E-state index contributed by atoms with van der Waals surface area (Å²) in [5, 5.41) is 10.4. The lowest BCUT2D eigenvalue weighted by molar-refractivity contribution is 0.0481. The van der Waals surface area contributed by atoms with Crippen LogP contribution in [0.2, 0.25) is 5.02 Å². The second-order valence-electron chi connectivity index (χ2n) is 3.32. The van der Waals surface area contributed by atoms with Crippen molar-refractivity contribution in [3.63, 3.8) is 0 Å². The highest BCUT2D eigenvalue weighted by molar-refractivity contribution is 7.15. The number of hydrogen-bond donors (Lipinski definition) is 0.